The van der Waals surface area contributed by atoms with E-state index in [0.29, 0.717) is 30.0 Å². The highest BCUT2D eigenvalue weighted by atomic mass is 16.5. The van der Waals surface area contributed by atoms with Crippen LogP contribution in [0.15, 0.2) is 42.5 Å². The standard InChI is InChI=1S/C18H22N2O3/c1-19-14-6-4-5-13(11-14)7-10-18(21)20-15-8-9-16(22-2)17(12-15)23-3/h4-6,8-9,11-12,19H,7,10H2,1-3H3,(H,20,21). The molecule has 0 fully saturated rings. The second-order valence-corrected chi connectivity index (χ2v) is 5.07. The first-order valence-electron chi connectivity index (χ1n) is 7.45. The summed E-state index contributed by atoms with van der Waals surface area (Å²) in [6.45, 7) is 0. The fraction of sp³-hybridized carbons (Fsp3) is 0.278. The van der Waals surface area contributed by atoms with Gasteiger partial charge in [0.25, 0.3) is 0 Å². The minimum atomic E-state index is -0.0351. The normalized spacial score (nSPS) is 10.0. The quantitative estimate of drug-likeness (QED) is 0.823. The first-order chi connectivity index (χ1) is 11.2. The van der Waals surface area contributed by atoms with Crippen molar-refractivity contribution < 1.29 is 14.3 Å². The Morgan fingerprint density at radius 3 is 2.48 bits per heavy atom. The second kappa shape index (κ2) is 8.08. The van der Waals surface area contributed by atoms with Crippen molar-refractivity contribution in [2.24, 2.45) is 0 Å². The highest BCUT2D eigenvalue weighted by Gasteiger charge is 2.08. The first-order valence-corrected chi connectivity index (χ1v) is 7.45. The summed E-state index contributed by atoms with van der Waals surface area (Å²) in [6, 6.07) is 13.3. The van der Waals surface area contributed by atoms with E-state index in [2.05, 4.69) is 10.6 Å². The van der Waals surface area contributed by atoms with Crippen molar-refractivity contribution in [2.45, 2.75) is 12.8 Å². The number of amides is 1. The van der Waals surface area contributed by atoms with Crippen molar-refractivity contribution in [1.29, 1.82) is 0 Å². The van der Waals surface area contributed by atoms with Gasteiger partial charge in [0.1, 0.15) is 0 Å². The predicted molar refractivity (Wildman–Crippen MR) is 92.5 cm³/mol. The zero-order valence-corrected chi connectivity index (χ0v) is 13.7. The fourth-order valence-electron chi connectivity index (χ4n) is 2.28. The maximum atomic E-state index is 12.1. The summed E-state index contributed by atoms with van der Waals surface area (Å²) in [6.07, 6.45) is 1.11. The number of methoxy groups -OCH3 is 2. The number of ether oxygens (including phenoxy) is 2. The van der Waals surface area contributed by atoms with E-state index in [9.17, 15) is 4.79 Å². The van der Waals surface area contributed by atoms with Crippen LogP contribution < -0.4 is 20.1 Å². The van der Waals surface area contributed by atoms with E-state index in [4.69, 9.17) is 9.47 Å². The summed E-state index contributed by atoms with van der Waals surface area (Å²) in [5, 5.41) is 5.97. The number of nitrogens with one attached hydrogen (secondary N) is 2. The van der Waals surface area contributed by atoms with Gasteiger partial charge < -0.3 is 20.1 Å². The summed E-state index contributed by atoms with van der Waals surface area (Å²) >= 11 is 0. The molecule has 2 N–H and O–H groups in total. The van der Waals surface area contributed by atoms with Gasteiger partial charge in [-0.2, -0.15) is 0 Å². The Bertz CT molecular complexity index is 671. The van der Waals surface area contributed by atoms with Crippen LogP contribution in [0.3, 0.4) is 0 Å². The third kappa shape index (κ3) is 4.64. The topological polar surface area (TPSA) is 59.6 Å². The van der Waals surface area contributed by atoms with E-state index in [1.807, 2.05) is 31.3 Å². The van der Waals surface area contributed by atoms with Crippen LogP contribution in [0.4, 0.5) is 11.4 Å². The molecule has 2 aromatic carbocycles. The van der Waals surface area contributed by atoms with Crippen LogP contribution >= 0.6 is 0 Å². The average molecular weight is 314 g/mol. The number of benzene rings is 2. The number of rotatable bonds is 7. The molecule has 5 nitrogen and oxygen atoms in total. The molecule has 0 bridgehead atoms. The molecule has 0 unspecified atom stereocenters. The summed E-state index contributed by atoms with van der Waals surface area (Å²) in [4.78, 5) is 12.1. The maximum Gasteiger partial charge on any atom is 0.224 e. The van der Waals surface area contributed by atoms with E-state index >= 15 is 0 Å². The molecular weight excluding hydrogens is 292 g/mol. The molecule has 0 radical (unpaired) electrons. The smallest absolute Gasteiger partial charge is 0.224 e. The molecule has 0 atom stereocenters. The Morgan fingerprint density at radius 1 is 1.00 bits per heavy atom. The lowest BCUT2D eigenvalue weighted by Gasteiger charge is -2.11. The van der Waals surface area contributed by atoms with E-state index in [-0.39, 0.29) is 5.91 Å². The molecule has 1 amide bonds. The van der Waals surface area contributed by atoms with Crippen LogP contribution in [-0.2, 0) is 11.2 Å². The second-order valence-electron chi connectivity index (χ2n) is 5.07. The van der Waals surface area contributed by atoms with E-state index in [0.717, 1.165) is 11.3 Å². The van der Waals surface area contributed by atoms with Gasteiger partial charge in [0.05, 0.1) is 14.2 Å². The third-order valence-corrected chi connectivity index (χ3v) is 3.52. The van der Waals surface area contributed by atoms with Crippen molar-refractivity contribution >= 4 is 17.3 Å². The molecule has 0 saturated carbocycles. The van der Waals surface area contributed by atoms with Gasteiger partial charge in [-0.1, -0.05) is 12.1 Å². The Kier molecular flexibility index (Phi) is 5.86. The minimum absolute atomic E-state index is 0.0351. The minimum Gasteiger partial charge on any atom is -0.493 e. The molecule has 2 rings (SSSR count). The van der Waals surface area contributed by atoms with Crippen molar-refractivity contribution in [3.8, 4) is 11.5 Å². The summed E-state index contributed by atoms with van der Waals surface area (Å²) in [5.74, 6) is 1.19. The number of carbonyl (C=O) groups is 1. The van der Waals surface area contributed by atoms with Gasteiger partial charge in [-0.05, 0) is 36.2 Å². The zero-order chi connectivity index (χ0) is 16.7. The largest absolute Gasteiger partial charge is 0.493 e. The van der Waals surface area contributed by atoms with Crippen LogP contribution in [0.5, 0.6) is 11.5 Å². The highest BCUT2D eigenvalue weighted by Crippen LogP contribution is 2.29. The molecule has 0 aliphatic carbocycles. The van der Waals surface area contributed by atoms with Gasteiger partial charge in [-0.25, -0.2) is 0 Å². The lowest BCUT2D eigenvalue weighted by molar-refractivity contribution is -0.116. The molecule has 0 spiro atoms. The SMILES string of the molecule is CNc1cccc(CCC(=O)Nc2ccc(OC)c(OC)c2)c1. The molecule has 0 aromatic heterocycles. The Morgan fingerprint density at radius 2 is 1.78 bits per heavy atom. The van der Waals surface area contributed by atoms with Crippen molar-refractivity contribution in [1.82, 2.24) is 0 Å². The average Bonchev–Trinajstić information content (AvgIpc) is 2.60. The molecule has 2 aromatic rings. The van der Waals surface area contributed by atoms with E-state index in [1.165, 1.54) is 0 Å². The van der Waals surface area contributed by atoms with Crippen molar-refractivity contribution in [3.05, 3.63) is 48.0 Å². The number of anilines is 2. The van der Waals surface area contributed by atoms with Crippen molar-refractivity contribution in [3.63, 3.8) is 0 Å². The van der Waals surface area contributed by atoms with Gasteiger partial charge in [0, 0.05) is 30.9 Å². The van der Waals surface area contributed by atoms with Crippen LogP contribution in [0, 0.1) is 0 Å². The van der Waals surface area contributed by atoms with Crippen molar-refractivity contribution in [2.75, 3.05) is 31.9 Å². The Hall–Kier alpha value is -2.69. The molecule has 23 heavy (non-hydrogen) atoms. The number of carbonyl (C=O) groups excluding carboxylic acids is 1. The molecule has 0 heterocycles. The summed E-state index contributed by atoms with van der Waals surface area (Å²) in [7, 11) is 5.02. The van der Waals surface area contributed by atoms with E-state index < -0.39 is 0 Å². The Labute approximate surface area is 136 Å². The van der Waals surface area contributed by atoms with Crippen LogP contribution in [0.2, 0.25) is 0 Å². The maximum absolute atomic E-state index is 12.1. The fourth-order valence-corrected chi connectivity index (χ4v) is 2.28. The summed E-state index contributed by atoms with van der Waals surface area (Å²) < 4.78 is 10.4. The Balaban J connectivity index is 1.94. The van der Waals surface area contributed by atoms with Crippen LogP contribution in [-0.4, -0.2) is 27.2 Å². The lowest BCUT2D eigenvalue weighted by Crippen LogP contribution is -2.12. The van der Waals surface area contributed by atoms with Gasteiger partial charge in [0.15, 0.2) is 11.5 Å². The van der Waals surface area contributed by atoms with Crippen LogP contribution in [0.1, 0.15) is 12.0 Å². The van der Waals surface area contributed by atoms with Gasteiger partial charge in [-0.15, -0.1) is 0 Å². The van der Waals surface area contributed by atoms with Crippen LogP contribution in [0.25, 0.3) is 0 Å². The summed E-state index contributed by atoms with van der Waals surface area (Å²) in [5.41, 5.74) is 2.86. The third-order valence-electron chi connectivity index (χ3n) is 3.52. The highest BCUT2D eigenvalue weighted by molar-refractivity contribution is 5.91. The lowest BCUT2D eigenvalue weighted by atomic mass is 10.1. The number of aryl methyl sites for hydroxylation is 1. The number of hydrogen-bond acceptors (Lipinski definition) is 4. The van der Waals surface area contributed by atoms with Gasteiger partial charge >= 0.3 is 0 Å². The molecule has 122 valence electrons. The van der Waals surface area contributed by atoms with Gasteiger partial charge in [-0.3, -0.25) is 4.79 Å². The molecule has 0 aliphatic rings. The molecule has 5 heteroatoms. The zero-order valence-electron chi connectivity index (χ0n) is 13.7. The van der Waals surface area contributed by atoms with Gasteiger partial charge in [0.2, 0.25) is 5.91 Å². The monoisotopic (exact) mass is 314 g/mol. The molecular formula is C18H22N2O3. The van der Waals surface area contributed by atoms with E-state index in [1.54, 1.807) is 32.4 Å². The first kappa shape index (κ1) is 16.7. The number of hydrogen-bond donors (Lipinski definition) is 2. The molecule has 0 aliphatic heterocycles. The molecule has 0 saturated heterocycles. The predicted octanol–water partition coefficient (Wildman–Crippen LogP) is 3.32.